The molecule has 2 aliphatic rings. The third-order valence-electron chi connectivity index (χ3n) is 3.51. The van der Waals surface area contributed by atoms with Gasteiger partial charge in [-0.2, -0.15) is 22.0 Å². The van der Waals surface area contributed by atoms with Gasteiger partial charge in [0.25, 0.3) is 0 Å². The lowest BCUT2D eigenvalue weighted by Crippen LogP contribution is -1.96. The van der Waals surface area contributed by atoms with E-state index in [1.807, 2.05) is 11.8 Å². The normalized spacial score (nSPS) is 28.2. The van der Waals surface area contributed by atoms with Crippen molar-refractivity contribution in [2.24, 2.45) is 5.92 Å². The van der Waals surface area contributed by atoms with E-state index in [0.717, 1.165) is 23.2 Å². The Morgan fingerprint density at radius 2 is 2.24 bits per heavy atom. The van der Waals surface area contributed by atoms with E-state index < -0.39 is 0 Å². The van der Waals surface area contributed by atoms with Gasteiger partial charge >= 0.3 is 0 Å². The molecule has 0 spiro atoms. The average molecular weight is 249 g/mol. The highest BCUT2D eigenvalue weighted by Crippen LogP contribution is 2.46. The van der Waals surface area contributed by atoms with Gasteiger partial charge in [0.15, 0.2) is 5.82 Å². The minimum absolute atomic E-state index is 0.103. The van der Waals surface area contributed by atoms with E-state index in [2.05, 4.69) is 16.2 Å². The van der Waals surface area contributed by atoms with Crippen molar-refractivity contribution in [1.29, 1.82) is 5.26 Å². The minimum atomic E-state index is 0.103. The van der Waals surface area contributed by atoms with Gasteiger partial charge < -0.3 is 4.52 Å². The maximum atomic E-state index is 8.75. The molecule has 1 aromatic rings. The van der Waals surface area contributed by atoms with E-state index in [4.69, 9.17) is 9.78 Å². The quantitative estimate of drug-likeness (QED) is 0.821. The van der Waals surface area contributed by atoms with Crippen LogP contribution >= 0.6 is 11.8 Å². The SMILES string of the molecule is N#CC1CC1c1nc(CSC2CCCC2)no1. The molecule has 2 saturated carbocycles. The Morgan fingerprint density at radius 3 is 2.94 bits per heavy atom. The highest BCUT2D eigenvalue weighted by Gasteiger charge is 2.43. The van der Waals surface area contributed by atoms with Crippen LogP contribution in [0.25, 0.3) is 0 Å². The van der Waals surface area contributed by atoms with Crippen molar-refractivity contribution in [3.05, 3.63) is 11.7 Å². The first-order chi connectivity index (χ1) is 8.36. The maximum Gasteiger partial charge on any atom is 0.231 e. The Labute approximate surface area is 105 Å². The van der Waals surface area contributed by atoms with Crippen LogP contribution in [0.3, 0.4) is 0 Å². The molecule has 0 aliphatic heterocycles. The third kappa shape index (κ3) is 2.47. The maximum absolute atomic E-state index is 8.75. The van der Waals surface area contributed by atoms with Crippen LogP contribution in [0.5, 0.6) is 0 Å². The van der Waals surface area contributed by atoms with Crippen LogP contribution in [-0.4, -0.2) is 15.4 Å². The molecule has 0 saturated heterocycles. The van der Waals surface area contributed by atoms with Gasteiger partial charge in [-0.25, -0.2) is 0 Å². The summed E-state index contributed by atoms with van der Waals surface area (Å²) in [5, 5.41) is 13.5. The molecule has 0 aromatic carbocycles. The number of aromatic nitrogens is 2. The summed E-state index contributed by atoms with van der Waals surface area (Å²) >= 11 is 1.94. The van der Waals surface area contributed by atoms with Gasteiger partial charge in [0.1, 0.15) is 0 Å². The van der Waals surface area contributed by atoms with Crippen molar-refractivity contribution in [3.8, 4) is 6.07 Å². The number of rotatable bonds is 4. The summed E-state index contributed by atoms with van der Waals surface area (Å²) in [6.45, 7) is 0. The molecule has 0 amide bonds. The highest BCUT2D eigenvalue weighted by molar-refractivity contribution is 7.99. The van der Waals surface area contributed by atoms with E-state index in [1.165, 1.54) is 25.7 Å². The molecule has 2 unspecified atom stereocenters. The van der Waals surface area contributed by atoms with Crippen molar-refractivity contribution < 1.29 is 4.52 Å². The van der Waals surface area contributed by atoms with E-state index in [-0.39, 0.29) is 11.8 Å². The monoisotopic (exact) mass is 249 g/mol. The summed E-state index contributed by atoms with van der Waals surface area (Å²) in [6, 6.07) is 2.24. The molecule has 0 radical (unpaired) electrons. The first-order valence-electron chi connectivity index (χ1n) is 6.20. The van der Waals surface area contributed by atoms with Crippen LogP contribution in [0.2, 0.25) is 0 Å². The van der Waals surface area contributed by atoms with E-state index in [9.17, 15) is 0 Å². The number of hydrogen-bond acceptors (Lipinski definition) is 5. The lowest BCUT2D eigenvalue weighted by Gasteiger charge is -2.04. The molecule has 2 fully saturated rings. The Morgan fingerprint density at radius 1 is 1.41 bits per heavy atom. The zero-order valence-electron chi connectivity index (χ0n) is 9.63. The molecule has 1 aromatic heterocycles. The smallest absolute Gasteiger partial charge is 0.231 e. The topological polar surface area (TPSA) is 62.7 Å². The summed E-state index contributed by atoms with van der Waals surface area (Å²) in [4.78, 5) is 4.38. The van der Waals surface area contributed by atoms with Gasteiger partial charge in [-0.3, -0.25) is 0 Å². The number of thioether (sulfide) groups is 1. The van der Waals surface area contributed by atoms with E-state index in [0.29, 0.717) is 5.89 Å². The molecule has 0 bridgehead atoms. The third-order valence-corrected chi connectivity index (χ3v) is 4.88. The predicted molar refractivity (Wildman–Crippen MR) is 64.3 cm³/mol. The van der Waals surface area contributed by atoms with Crippen molar-refractivity contribution in [2.45, 2.75) is 49.0 Å². The molecule has 4 nitrogen and oxygen atoms in total. The zero-order chi connectivity index (χ0) is 11.7. The molecule has 1 heterocycles. The molecule has 2 atom stereocenters. The summed E-state index contributed by atoms with van der Waals surface area (Å²) in [6.07, 6.45) is 6.26. The van der Waals surface area contributed by atoms with Gasteiger partial charge in [0.05, 0.1) is 23.7 Å². The van der Waals surface area contributed by atoms with Gasteiger partial charge in [-0.05, 0) is 19.3 Å². The lowest BCUT2D eigenvalue weighted by atomic mass is 10.3. The first-order valence-corrected chi connectivity index (χ1v) is 7.25. The van der Waals surface area contributed by atoms with Gasteiger partial charge in [-0.1, -0.05) is 18.0 Å². The van der Waals surface area contributed by atoms with Crippen molar-refractivity contribution >= 4 is 11.8 Å². The van der Waals surface area contributed by atoms with Crippen molar-refractivity contribution in [3.63, 3.8) is 0 Å². The van der Waals surface area contributed by atoms with Crippen LogP contribution in [0.15, 0.2) is 4.52 Å². The van der Waals surface area contributed by atoms with Crippen LogP contribution in [0, 0.1) is 17.2 Å². The minimum Gasteiger partial charge on any atom is -0.339 e. The lowest BCUT2D eigenvalue weighted by molar-refractivity contribution is 0.373. The molecule has 5 heteroatoms. The van der Waals surface area contributed by atoms with E-state index in [1.54, 1.807) is 0 Å². The zero-order valence-corrected chi connectivity index (χ0v) is 10.4. The molecule has 3 rings (SSSR count). The van der Waals surface area contributed by atoms with Gasteiger partial charge in [0.2, 0.25) is 5.89 Å². The Bertz CT molecular complexity index is 433. The Balaban J connectivity index is 1.52. The second kappa shape index (κ2) is 4.69. The van der Waals surface area contributed by atoms with Crippen LogP contribution < -0.4 is 0 Å². The number of hydrogen-bond donors (Lipinski definition) is 0. The second-order valence-corrected chi connectivity index (χ2v) is 6.13. The van der Waals surface area contributed by atoms with Crippen LogP contribution in [0.1, 0.15) is 49.7 Å². The highest BCUT2D eigenvalue weighted by atomic mass is 32.2. The summed E-state index contributed by atoms with van der Waals surface area (Å²) in [5.41, 5.74) is 0. The summed E-state index contributed by atoms with van der Waals surface area (Å²) in [7, 11) is 0. The molecule has 2 aliphatic carbocycles. The summed E-state index contributed by atoms with van der Waals surface area (Å²) < 4.78 is 5.21. The molecular weight excluding hydrogens is 234 g/mol. The summed E-state index contributed by atoms with van der Waals surface area (Å²) in [5.74, 6) is 2.61. The van der Waals surface area contributed by atoms with Crippen molar-refractivity contribution in [1.82, 2.24) is 10.1 Å². The number of nitrogens with zero attached hydrogens (tertiary/aromatic N) is 3. The molecular formula is C12H15N3OS. The van der Waals surface area contributed by atoms with E-state index >= 15 is 0 Å². The van der Waals surface area contributed by atoms with Crippen molar-refractivity contribution in [2.75, 3.05) is 0 Å². The fourth-order valence-electron chi connectivity index (χ4n) is 2.33. The fourth-order valence-corrected chi connectivity index (χ4v) is 3.50. The fraction of sp³-hybridized carbons (Fsp3) is 0.750. The number of nitriles is 1. The van der Waals surface area contributed by atoms with Gasteiger partial charge in [-0.15, -0.1) is 0 Å². The molecule has 90 valence electrons. The largest absolute Gasteiger partial charge is 0.339 e. The predicted octanol–water partition coefficient (Wildman–Crippen LogP) is 2.87. The standard InChI is InChI=1S/C12H15N3OS/c13-6-8-5-10(8)12-14-11(15-16-12)7-17-9-3-1-2-4-9/h8-10H,1-5,7H2. The molecule has 17 heavy (non-hydrogen) atoms. The molecule has 0 N–H and O–H groups in total. The Hall–Kier alpha value is -1.02. The van der Waals surface area contributed by atoms with Crippen LogP contribution in [0.4, 0.5) is 0 Å². The second-order valence-electron chi connectivity index (χ2n) is 4.84. The Kier molecular flexibility index (Phi) is 3.06. The first kappa shape index (κ1) is 11.1. The van der Waals surface area contributed by atoms with Gasteiger partial charge in [0, 0.05) is 5.25 Å². The average Bonchev–Trinajstić information content (AvgIpc) is 2.80. The van der Waals surface area contributed by atoms with Crippen LogP contribution in [-0.2, 0) is 5.75 Å².